The van der Waals surface area contributed by atoms with E-state index >= 15 is 0 Å². The van der Waals surface area contributed by atoms with E-state index < -0.39 is 5.60 Å². The Bertz CT molecular complexity index is 284. The molecule has 0 aromatic rings. The van der Waals surface area contributed by atoms with Crippen LogP contribution in [0, 0.1) is 11.8 Å². The maximum atomic E-state index is 11.8. The Hall–Kier alpha value is -0.860. The number of Topliss-reactive ketones (excluding diaryl/α,β-unsaturated/α-hetero) is 1. The second-order valence-electron chi connectivity index (χ2n) is 5.65. The van der Waals surface area contributed by atoms with Crippen molar-refractivity contribution in [2.24, 2.45) is 11.8 Å². The van der Waals surface area contributed by atoms with Crippen LogP contribution in [-0.4, -0.2) is 17.4 Å². The molecule has 0 saturated heterocycles. The van der Waals surface area contributed by atoms with Crippen molar-refractivity contribution >= 4 is 11.8 Å². The van der Waals surface area contributed by atoms with Gasteiger partial charge in [0.2, 0.25) is 0 Å². The second-order valence-corrected chi connectivity index (χ2v) is 5.65. The SMILES string of the molecule is CCC(C)C(=O)OC(C)(C)C1CCC(=O)CC1. The van der Waals surface area contributed by atoms with E-state index in [4.69, 9.17) is 4.74 Å². The molecular weight excluding hydrogens is 216 g/mol. The largest absolute Gasteiger partial charge is 0.459 e. The van der Waals surface area contributed by atoms with E-state index in [0.29, 0.717) is 24.5 Å². The van der Waals surface area contributed by atoms with Crippen LogP contribution < -0.4 is 0 Å². The van der Waals surface area contributed by atoms with Crippen molar-refractivity contribution in [3.8, 4) is 0 Å². The van der Waals surface area contributed by atoms with Crippen molar-refractivity contribution < 1.29 is 14.3 Å². The Morgan fingerprint density at radius 1 is 1.41 bits per heavy atom. The van der Waals surface area contributed by atoms with Gasteiger partial charge in [0.05, 0.1) is 5.92 Å². The molecule has 1 rings (SSSR count). The summed E-state index contributed by atoms with van der Waals surface area (Å²) in [4.78, 5) is 23.0. The van der Waals surface area contributed by atoms with Gasteiger partial charge in [0.25, 0.3) is 0 Å². The molecule has 3 nitrogen and oxygen atoms in total. The van der Waals surface area contributed by atoms with Crippen LogP contribution in [0.3, 0.4) is 0 Å². The molecule has 1 aliphatic carbocycles. The number of hydrogen-bond donors (Lipinski definition) is 0. The highest BCUT2D eigenvalue weighted by Gasteiger charge is 2.36. The molecule has 0 aromatic carbocycles. The summed E-state index contributed by atoms with van der Waals surface area (Å²) in [6, 6.07) is 0. The first-order valence-electron chi connectivity index (χ1n) is 6.61. The van der Waals surface area contributed by atoms with Gasteiger partial charge in [-0.05, 0) is 39.0 Å². The van der Waals surface area contributed by atoms with Crippen LogP contribution in [0.1, 0.15) is 59.8 Å². The van der Waals surface area contributed by atoms with Gasteiger partial charge in [-0.25, -0.2) is 0 Å². The summed E-state index contributed by atoms with van der Waals surface area (Å²) in [5.41, 5.74) is -0.443. The standard InChI is InChI=1S/C14H24O3/c1-5-10(2)13(16)17-14(3,4)11-6-8-12(15)9-7-11/h10-11H,5-9H2,1-4H3. The highest BCUT2D eigenvalue weighted by molar-refractivity contribution is 5.79. The molecule has 0 spiro atoms. The van der Waals surface area contributed by atoms with Crippen LogP contribution in [-0.2, 0) is 14.3 Å². The first-order chi connectivity index (χ1) is 7.86. The number of carbonyl (C=O) groups is 2. The number of carbonyl (C=O) groups excluding carboxylic acids is 2. The molecule has 17 heavy (non-hydrogen) atoms. The summed E-state index contributed by atoms with van der Waals surface area (Å²) < 4.78 is 5.62. The summed E-state index contributed by atoms with van der Waals surface area (Å²) in [7, 11) is 0. The van der Waals surface area contributed by atoms with E-state index in [9.17, 15) is 9.59 Å². The molecule has 1 saturated carbocycles. The van der Waals surface area contributed by atoms with Gasteiger partial charge in [0.1, 0.15) is 11.4 Å². The van der Waals surface area contributed by atoms with Crippen molar-refractivity contribution in [3.63, 3.8) is 0 Å². The quantitative estimate of drug-likeness (QED) is 0.709. The molecule has 98 valence electrons. The normalized spacial score (nSPS) is 20.1. The van der Waals surface area contributed by atoms with Gasteiger partial charge in [0, 0.05) is 12.8 Å². The summed E-state index contributed by atoms with van der Waals surface area (Å²) >= 11 is 0. The Morgan fingerprint density at radius 2 is 1.94 bits per heavy atom. The molecule has 1 aliphatic rings. The van der Waals surface area contributed by atoms with Crippen molar-refractivity contribution in [1.29, 1.82) is 0 Å². The third-order valence-corrected chi connectivity index (χ3v) is 3.90. The van der Waals surface area contributed by atoms with Crippen LogP contribution in [0.25, 0.3) is 0 Å². The average molecular weight is 240 g/mol. The smallest absolute Gasteiger partial charge is 0.309 e. The molecule has 1 fully saturated rings. The van der Waals surface area contributed by atoms with Crippen molar-refractivity contribution in [2.45, 2.75) is 65.4 Å². The zero-order chi connectivity index (χ0) is 13.1. The van der Waals surface area contributed by atoms with Crippen LogP contribution in [0.4, 0.5) is 0 Å². The van der Waals surface area contributed by atoms with E-state index in [1.165, 1.54) is 0 Å². The molecule has 0 N–H and O–H groups in total. The Labute approximate surface area is 104 Å². The lowest BCUT2D eigenvalue weighted by Gasteiger charge is -2.36. The summed E-state index contributed by atoms with van der Waals surface area (Å²) in [6.07, 6.45) is 3.77. The van der Waals surface area contributed by atoms with Gasteiger partial charge in [-0.1, -0.05) is 13.8 Å². The number of hydrogen-bond acceptors (Lipinski definition) is 3. The van der Waals surface area contributed by atoms with E-state index in [1.54, 1.807) is 0 Å². The highest BCUT2D eigenvalue weighted by Crippen LogP contribution is 2.34. The van der Waals surface area contributed by atoms with Crippen molar-refractivity contribution in [2.75, 3.05) is 0 Å². The summed E-state index contributed by atoms with van der Waals surface area (Å²) in [6.45, 7) is 7.81. The van der Waals surface area contributed by atoms with E-state index in [0.717, 1.165) is 19.3 Å². The minimum atomic E-state index is -0.443. The highest BCUT2D eigenvalue weighted by atomic mass is 16.6. The fourth-order valence-electron chi connectivity index (χ4n) is 2.24. The molecule has 0 aromatic heterocycles. The minimum Gasteiger partial charge on any atom is -0.459 e. The van der Waals surface area contributed by atoms with Crippen LogP contribution >= 0.6 is 0 Å². The first-order valence-corrected chi connectivity index (χ1v) is 6.61. The van der Waals surface area contributed by atoms with Crippen LogP contribution in [0.2, 0.25) is 0 Å². The zero-order valence-corrected chi connectivity index (χ0v) is 11.4. The maximum absolute atomic E-state index is 11.8. The second kappa shape index (κ2) is 5.65. The molecule has 0 heterocycles. The van der Waals surface area contributed by atoms with E-state index in [2.05, 4.69) is 0 Å². The molecule has 0 aliphatic heterocycles. The Morgan fingerprint density at radius 3 is 2.41 bits per heavy atom. The lowest BCUT2D eigenvalue weighted by molar-refractivity contribution is -0.167. The van der Waals surface area contributed by atoms with Gasteiger partial charge in [-0.2, -0.15) is 0 Å². The molecule has 0 amide bonds. The van der Waals surface area contributed by atoms with E-state index in [1.807, 2.05) is 27.7 Å². The van der Waals surface area contributed by atoms with Gasteiger partial charge in [-0.3, -0.25) is 9.59 Å². The maximum Gasteiger partial charge on any atom is 0.309 e. The lowest BCUT2D eigenvalue weighted by atomic mass is 9.78. The molecule has 3 heteroatoms. The third-order valence-electron chi connectivity index (χ3n) is 3.90. The predicted molar refractivity (Wildman–Crippen MR) is 66.6 cm³/mol. The van der Waals surface area contributed by atoms with E-state index in [-0.39, 0.29) is 11.9 Å². The summed E-state index contributed by atoms with van der Waals surface area (Å²) in [5.74, 6) is 0.493. The number of rotatable bonds is 4. The molecule has 0 bridgehead atoms. The topological polar surface area (TPSA) is 43.4 Å². The average Bonchev–Trinajstić information content (AvgIpc) is 2.27. The van der Waals surface area contributed by atoms with Crippen molar-refractivity contribution in [1.82, 2.24) is 0 Å². The lowest BCUT2D eigenvalue weighted by Crippen LogP contribution is -2.40. The number of ether oxygens (including phenoxy) is 1. The molecule has 0 radical (unpaired) electrons. The first kappa shape index (κ1) is 14.2. The van der Waals surface area contributed by atoms with Crippen molar-refractivity contribution in [3.05, 3.63) is 0 Å². The molecule has 1 atom stereocenters. The number of ketones is 1. The van der Waals surface area contributed by atoms with Crippen LogP contribution in [0.5, 0.6) is 0 Å². The Balaban J connectivity index is 2.55. The van der Waals surface area contributed by atoms with Gasteiger partial charge >= 0.3 is 5.97 Å². The van der Waals surface area contributed by atoms with Gasteiger partial charge in [0.15, 0.2) is 0 Å². The molecular formula is C14H24O3. The van der Waals surface area contributed by atoms with Gasteiger partial charge < -0.3 is 4.74 Å². The van der Waals surface area contributed by atoms with Crippen LogP contribution in [0.15, 0.2) is 0 Å². The van der Waals surface area contributed by atoms with Gasteiger partial charge in [-0.15, -0.1) is 0 Å². The minimum absolute atomic E-state index is 0.0421. The molecule has 1 unspecified atom stereocenters. The zero-order valence-electron chi connectivity index (χ0n) is 11.4. The number of esters is 1. The fourth-order valence-corrected chi connectivity index (χ4v) is 2.24. The Kier molecular flexibility index (Phi) is 4.72. The summed E-state index contributed by atoms with van der Waals surface area (Å²) in [5, 5.41) is 0. The third kappa shape index (κ3) is 3.83. The fraction of sp³-hybridized carbons (Fsp3) is 0.857. The predicted octanol–water partition coefficient (Wildman–Crippen LogP) is 3.11. The monoisotopic (exact) mass is 240 g/mol.